The van der Waals surface area contributed by atoms with Crippen molar-refractivity contribution in [2.45, 2.75) is 6.42 Å². The number of fused-ring (bicyclic) bond motifs is 1. The largest absolute Gasteiger partial charge is 0.397 e. The average molecular weight is 338 g/mol. The number of nitrogens with two attached hydrogens (primary N) is 1. The first-order valence-corrected chi connectivity index (χ1v) is 6.70. The lowest BCUT2D eigenvalue weighted by molar-refractivity contribution is 0.500. The van der Waals surface area contributed by atoms with E-state index in [0.717, 1.165) is 16.1 Å². The Kier molecular flexibility index (Phi) is 3.17. The zero-order valence-electron chi connectivity index (χ0n) is 10.3. The molecule has 0 aliphatic heterocycles. The fraction of sp³-hybridized carbons (Fsp3) is 0.0714. The summed E-state index contributed by atoms with van der Waals surface area (Å²) in [4.78, 5) is 7.39. The molecule has 0 spiro atoms. The van der Waals surface area contributed by atoms with Gasteiger partial charge >= 0.3 is 0 Å². The second kappa shape index (κ2) is 4.86. The molecule has 0 fully saturated rings. The molecular weight excluding hydrogens is 328 g/mol. The van der Waals surface area contributed by atoms with Crippen molar-refractivity contribution in [1.82, 2.24) is 9.97 Å². The van der Waals surface area contributed by atoms with E-state index in [9.17, 15) is 8.78 Å². The number of nitrogens with one attached hydrogen (secondary N) is 1. The summed E-state index contributed by atoms with van der Waals surface area (Å²) in [5.74, 6) is -1.17. The maximum atomic E-state index is 13.6. The van der Waals surface area contributed by atoms with Crippen LogP contribution in [0.5, 0.6) is 0 Å². The van der Waals surface area contributed by atoms with Crippen LogP contribution in [0.1, 0.15) is 11.4 Å². The van der Waals surface area contributed by atoms with Crippen LogP contribution in [0.4, 0.5) is 14.5 Å². The summed E-state index contributed by atoms with van der Waals surface area (Å²) in [5.41, 5.74) is 8.03. The number of aromatic amines is 1. The van der Waals surface area contributed by atoms with Crippen molar-refractivity contribution < 1.29 is 8.78 Å². The predicted molar refractivity (Wildman–Crippen MR) is 77.4 cm³/mol. The van der Waals surface area contributed by atoms with Gasteiger partial charge in [-0.1, -0.05) is 28.1 Å². The van der Waals surface area contributed by atoms with Crippen molar-refractivity contribution >= 4 is 32.7 Å². The predicted octanol–water partition coefficient (Wildman–Crippen LogP) is 3.78. The molecular formula is C14H10BrF2N3. The SMILES string of the molecule is Nc1cc(Br)cc2[nH]c(Cc3cccc(F)c3F)nc12. The molecule has 6 heteroatoms. The van der Waals surface area contributed by atoms with Gasteiger partial charge in [-0.05, 0) is 23.8 Å². The number of imidazole rings is 1. The lowest BCUT2D eigenvalue weighted by Crippen LogP contribution is -1.97. The molecule has 0 unspecified atom stereocenters. The smallest absolute Gasteiger partial charge is 0.162 e. The van der Waals surface area contributed by atoms with Crippen LogP contribution >= 0.6 is 15.9 Å². The standard InChI is InChI=1S/C14H10BrF2N3/c15-8-5-10(18)14-11(6-8)19-12(20-14)4-7-2-1-3-9(16)13(7)17/h1-3,5-6H,4,18H2,(H,19,20). The van der Waals surface area contributed by atoms with Crippen LogP contribution in [0.3, 0.4) is 0 Å². The highest BCUT2D eigenvalue weighted by Gasteiger charge is 2.12. The van der Waals surface area contributed by atoms with Gasteiger partial charge in [-0.2, -0.15) is 0 Å². The third kappa shape index (κ3) is 2.27. The molecule has 2 aromatic carbocycles. The molecule has 0 atom stereocenters. The van der Waals surface area contributed by atoms with Crippen molar-refractivity contribution in [3.05, 3.63) is 57.8 Å². The molecule has 102 valence electrons. The van der Waals surface area contributed by atoms with E-state index in [1.165, 1.54) is 12.1 Å². The highest BCUT2D eigenvalue weighted by molar-refractivity contribution is 9.10. The van der Waals surface area contributed by atoms with Gasteiger partial charge in [0.2, 0.25) is 0 Å². The fourth-order valence-corrected chi connectivity index (χ4v) is 2.58. The van der Waals surface area contributed by atoms with Gasteiger partial charge in [0, 0.05) is 10.9 Å². The van der Waals surface area contributed by atoms with E-state index in [4.69, 9.17) is 5.73 Å². The minimum atomic E-state index is -0.860. The Morgan fingerprint density at radius 2 is 2.05 bits per heavy atom. The third-order valence-corrected chi connectivity index (χ3v) is 3.48. The topological polar surface area (TPSA) is 54.7 Å². The van der Waals surface area contributed by atoms with Crippen molar-refractivity contribution in [2.75, 3.05) is 5.73 Å². The molecule has 0 radical (unpaired) electrons. The maximum Gasteiger partial charge on any atom is 0.162 e. The minimum Gasteiger partial charge on any atom is -0.397 e. The van der Waals surface area contributed by atoms with Crippen LogP contribution in [-0.2, 0) is 6.42 Å². The summed E-state index contributed by atoms with van der Waals surface area (Å²) in [7, 11) is 0. The second-order valence-electron chi connectivity index (χ2n) is 4.46. The van der Waals surface area contributed by atoms with Crippen molar-refractivity contribution in [2.24, 2.45) is 0 Å². The van der Waals surface area contributed by atoms with Crippen molar-refractivity contribution in [3.8, 4) is 0 Å². The first-order chi connectivity index (χ1) is 9.54. The third-order valence-electron chi connectivity index (χ3n) is 3.02. The number of nitrogens with zero attached hydrogens (tertiary/aromatic N) is 1. The van der Waals surface area contributed by atoms with Gasteiger partial charge in [0.15, 0.2) is 11.6 Å². The van der Waals surface area contributed by atoms with E-state index in [1.807, 2.05) is 6.07 Å². The Balaban J connectivity index is 2.03. The molecule has 1 aromatic heterocycles. The number of rotatable bonds is 2. The lowest BCUT2D eigenvalue weighted by atomic mass is 10.1. The van der Waals surface area contributed by atoms with Crippen LogP contribution < -0.4 is 5.73 Å². The van der Waals surface area contributed by atoms with Crippen LogP contribution in [0.15, 0.2) is 34.8 Å². The Bertz CT molecular complexity index is 798. The van der Waals surface area contributed by atoms with Gasteiger partial charge in [-0.15, -0.1) is 0 Å². The number of nitrogen functional groups attached to an aromatic ring is 1. The zero-order chi connectivity index (χ0) is 14.3. The first-order valence-electron chi connectivity index (χ1n) is 5.91. The Labute approximate surface area is 122 Å². The zero-order valence-corrected chi connectivity index (χ0v) is 11.8. The number of anilines is 1. The van der Waals surface area contributed by atoms with Gasteiger partial charge in [-0.3, -0.25) is 0 Å². The first kappa shape index (κ1) is 13.1. The summed E-state index contributed by atoms with van der Waals surface area (Å²) in [6.45, 7) is 0. The normalized spacial score (nSPS) is 11.2. The number of halogens is 3. The Morgan fingerprint density at radius 3 is 2.85 bits per heavy atom. The van der Waals surface area contributed by atoms with Crippen LogP contribution in [0.25, 0.3) is 11.0 Å². The summed E-state index contributed by atoms with van der Waals surface area (Å²) >= 11 is 3.34. The molecule has 3 rings (SSSR count). The van der Waals surface area contributed by atoms with Crippen LogP contribution in [0.2, 0.25) is 0 Å². The molecule has 0 amide bonds. The van der Waals surface area contributed by atoms with E-state index >= 15 is 0 Å². The molecule has 3 N–H and O–H groups in total. The quantitative estimate of drug-likeness (QED) is 0.699. The Morgan fingerprint density at radius 1 is 1.25 bits per heavy atom. The molecule has 1 heterocycles. The summed E-state index contributed by atoms with van der Waals surface area (Å²) in [6.07, 6.45) is 0.176. The van der Waals surface area contributed by atoms with E-state index in [-0.39, 0.29) is 12.0 Å². The number of H-pyrrole nitrogens is 1. The molecule has 20 heavy (non-hydrogen) atoms. The average Bonchev–Trinajstić information content (AvgIpc) is 2.78. The van der Waals surface area contributed by atoms with E-state index < -0.39 is 11.6 Å². The molecule has 3 aromatic rings. The van der Waals surface area contributed by atoms with E-state index in [0.29, 0.717) is 17.0 Å². The molecule has 0 aliphatic carbocycles. The number of hydrogen-bond acceptors (Lipinski definition) is 2. The van der Waals surface area contributed by atoms with Gasteiger partial charge in [0.05, 0.1) is 11.2 Å². The van der Waals surface area contributed by atoms with Gasteiger partial charge in [0.25, 0.3) is 0 Å². The summed E-state index contributed by atoms with van der Waals surface area (Å²) in [6, 6.07) is 7.68. The van der Waals surface area contributed by atoms with E-state index in [1.54, 1.807) is 6.07 Å². The number of hydrogen-bond donors (Lipinski definition) is 2. The maximum absolute atomic E-state index is 13.6. The highest BCUT2D eigenvalue weighted by Crippen LogP contribution is 2.25. The van der Waals surface area contributed by atoms with Crippen molar-refractivity contribution in [3.63, 3.8) is 0 Å². The van der Waals surface area contributed by atoms with Gasteiger partial charge in [-0.25, -0.2) is 13.8 Å². The van der Waals surface area contributed by atoms with E-state index in [2.05, 4.69) is 25.9 Å². The molecule has 0 aliphatic rings. The minimum absolute atomic E-state index is 0.176. The Hall–Kier alpha value is -1.95. The number of aromatic nitrogens is 2. The summed E-state index contributed by atoms with van der Waals surface area (Å²) < 4.78 is 27.6. The van der Waals surface area contributed by atoms with Crippen molar-refractivity contribution in [1.29, 1.82) is 0 Å². The molecule has 0 saturated heterocycles. The van der Waals surface area contributed by atoms with Gasteiger partial charge in [0.1, 0.15) is 11.3 Å². The summed E-state index contributed by atoms with van der Waals surface area (Å²) in [5, 5.41) is 0. The monoisotopic (exact) mass is 337 g/mol. The van der Waals surface area contributed by atoms with Gasteiger partial charge < -0.3 is 10.7 Å². The number of benzene rings is 2. The fourth-order valence-electron chi connectivity index (χ4n) is 2.11. The molecule has 3 nitrogen and oxygen atoms in total. The van der Waals surface area contributed by atoms with Crippen LogP contribution in [0, 0.1) is 11.6 Å². The lowest BCUT2D eigenvalue weighted by Gasteiger charge is -2.01. The highest BCUT2D eigenvalue weighted by atomic mass is 79.9. The van der Waals surface area contributed by atoms with Crippen LogP contribution in [-0.4, -0.2) is 9.97 Å². The molecule has 0 bridgehead atoms. The second-order valence-corrected chi connectivity index (χ2v) is 5.38. The molecule has 0 saturated carbocycles.